The van der Waals surface area contributed by atoms with Crippen LogP contribution in [0.15, 0.2) is 5.11 Å². The molecule has 0 heterocycles. The van der Waals surface area contributed by atoms with E-state index in [2.05, 4.69) is 13.1 Å². The third-order valence-electron chi connectivity index (χ3n) is 0.170. The number of hydrogen-bond donors (Lipinski definition) is 0. The molecule has 0 aliphatic heterocycles. The third-order valence-corrected chi connectivity index (χ3v) is 0.448. The number of halogens is 1. The summed E-state index contributed by atoms with van der Waals surface area (Å²) in [5.74, 6) is 0. The Balaban J connectivity index is 2.86. The molecule has 0 rings (SSSR count). The van der Waals surface area contributed by atoms with E-state index in [4.69, 9.17) is 5.53 Å². The molecule has 0 bridgehead atoms. The van der Waals surface area contributed by atoms with Crippen molar-refractivity contribution in [1.82, 2.24) is 0 Å². The fraction of sp³-hybridized carbons (Fsp3) is 1.00. The zero-order valence-electron chi connectivity index (χ0n) is 2.83. The van der Waals surface area contributed by atoms with Crippen LogP contribution in [0.25, 0.3) is 10.4 Å². The number of rotatable bonds is 2. The number of hydrogen-bond acceptors (Lipinski definition) is 2. The maximum absolute atomic E-state index is 7.57. The van der Waals surface area contributed by atoms with Gasteiger partial charge in [-0.05, 0) is 5.53 Å². The average molecular weight is 199 g/mol. The summed E-state index contributed by atoms with van der Waals surface area (Å²) in [4.78, 5) is 2.42. The minimum absolute atomic E-state index is 0.108. The van der Waals surface area contributed by atoms with Crippen LogP contribution in [0.5, 0.6) is 0 Å². The topological polar surface area (TPSA) is 58.0 Å². The van der Waals surface area contributed by atoms with Crippen LogP contribution in [0.4, 0.5) is 0 Å². The van der Waals surface area contributed by atoms with Gasteiger partial charge in [0, 0.05) is 4.91 Å². The van der Waals surface area contributed by atoms with Gasteiger partial charge in [0.25, 0.3) is 0 Å². The van der Waals surface area contributed by atoms with E-state index >= 15 is 0 Å². The number of nitrogens with zero attached hydrogens (tertiary/aromatic N) is 3. The van der Waals surface area contributed by atoms with Gasteiger partial charge in [0.15, 0.2) is 0 Å². The minimum Gasteiger partial charge on any atom is -0.310 e. The molecule has 0 aromatic rings. The van der Waals surface area contributed by atoms with Crippen molar-refractivity contribution in [3.05, 3.63) is 10.4 Å². The summed E-state index contributed by atoms with van der Waals surface area (Å²) in [5.41, 5.74) is 7.57. The second-order valence-electron chi connectivity index (χ2n) is 0.469. The van der Waals surface area contributed by atoms with E-state index in [9.17, 15) is 0 Å². The van der Waals surface area contributed by atoms with Gasteiger partial charge in [0.1, 0.15) is 29.7 Å². The van der Waals surface area contributed by atoms with Crippen molar-refractivity contribution in [1.29, 1.82) is 0 Å². The van der Waals surface area contributed by atoms with Crippen molar-refractivity contribution >= 4 is 23.0 Å². The highest BCUT2D eigenvalue weighted by Crippen LogP contribution is 1.83. The second kappa shape index (κ2) is 5.00. The molecule has 4 nitrogen and oxygen atoms in total. The Morgan fingerprint density at radius 3 is 2.83 bits per heavy atom. The van der Waals surface area contributed by atoms with Gasteiger partial charge in [-0.3, -0.25) is 0 Å². The molecule has 0 spiro atoms. The highest BCUT2D eigenvalue weighted by Gasteiger charge is 1.65. The summed E-state index contributed by atoms with van der Waals surface area (Å²) in [7, 11) is 0. The van der Waals surface area contributed by atoms with Crippen molar-refractivity contribution in [3.63, 3.8) is 0 Å². The quantitative estimate of drug-likeness (QED) is 0.288. The molecule has 0 N–H and O–H groups in total. The highest BCUT2D eigenvalue weighted by molar-refractivity contribution is 14.1. The molecule has 0 aliphatic rings. The Kier molecular flexibility index (Phi) is 5.00. The first kappa shape index (κ1) is 6.00. The molecule has 0 amide bonds. The van der Waals surface area contributed by atoms with Gasteiger partial charge in [-0.1, -0.05) is 5.11 Å². The molecule has 34 valence electrons. The van der Waals surface area contributed by atoms with Crippen molar-refractivity contribution in [2.45, 2.75) is 0 Å². The van der Waals surface area contributed by atoms with E-state index in [1.54, 1.807) is 23.0 Å². The van der Waals surface area contributed by atoms with Gasteiger partial charge in [-0.15, -0.1) is 0 Å². The molecule has 0 unspecified atom stereocenters. The van der Waals surface area contributed by atoms with E-state index in [-0.39, 0.29) is 6.73 Å². The smallest absolute Gasteiger partial charge is 0.138 e. The summed E-state index contributed by atoms with van der Waals surface area (Å²) in [6.07, 6.45) is 0. The molecule has 0 fully saturated rings. The molecule has 0 atom stereocenters. The fourth-order valence-electron chi connectivity index (χ4n) is 0.0476. The van der Waals surface area contributed by atoms with Gasteiger partial charge < -0.3 is 3.07 Å². The van der Waals surface area contributed by atoms with E-state index in [0.717, 1.165) is 0 Å². The Morgan fingerprint density at radius 2 is 2.67 bits per heavy atom. The monoisotopic (exact) mass is 199 g/mol. The van der Waals surface area contributed by atoms with Crippen LogP contribution in [-0.4, -0.2) is 6.73 Å². The average Bonchev–Trinajstić information content (AvgIpc) is 1.61. The molecule has 0 saturated heterocycles. The van der Waals surface area contributed by atoms with Crippen LogP contribution in [0.3, 0.4) is 0 Å². The molecule has 0 aromatic carbocycles. The maximum Gasteiger partial charge on any atom is 0.138 e. The van der Waals surface area contributed by atoms with E-state index < -0.39 is 0 Å². The summed E-state index contributed by atoms with van der Waals surface area (Å²) in [6.45, 7) is 0.108. The van der Waals surface area contributed by atoms with Crippen molar-refractivity contribution in [2.75, 3.05) is 6.73 Å². The molecular formula is CH2IN3O. The Morgan fingerprint density at radius 1 is 2.00 bits per heavy atom. The van der Waals surface area contributed by atoms with E-state index in [1.165, 1.54) is 0 Å². The van der Waals surface area contributed by atoms with E-state index in [0.29, 0.717) is 0 Å². The van der Waals surface area contributed by atoms with Crippen molar-refractivity contribution < 1.29 is 3.07 Å². The molecule has 0 aromatic heterocycles. The van der Waals surface area contributed by atoms with Crippen molar-refractivity contribution in [3.8, 4) is 0 Å². The maximum atomic E-state index is 7.57. The highest BCUT2D eigenvalue weighted by atomic mass is 127. The van der Waals surface area contributed by atoms with Crippen LogP contribution >= 0.6 is 23.0 Å². The molecule has 5 heteroatoms. The van der Waals surface area contributed by atoms with Crippen LogP contribution in [-0.2, 0) is 3.07 Å². The standard InChI is InChI=1S/CH2IN3O/c2-6-1-4-5-3/h1H2. The summed E-state index contributed by atoms with van der Waals surface area (Å²) in [5, 5.41) is 3.04. The first-order valence-electron chi connectivity index (χ1n) is 1.16. The zero-order valence-corrected chi connectivity index (χ0v) is 4.99. The van der Waals surface area contributed by atoms with Crippen LogP contribution < -0.4 is 0 Å². The van der Waals surface area contributed by atoms with Crippen molar-refractivity contribution in [2.24, 2.45) is 5.11 Å². The minimum atomic E-state index is 0.108. The molecule has 0 aliphatic carbocycles. The Labute approximate surface area is 48.8 Å². The first-order chi connectivity index (χ1) is 2.91. The predicted octanol–water partition coefficient (Wildman–Crippen LogP) is 1.62. The zero-order chi connectivity index (χ0) is 4.83. The van der Waals surface area contributed by atoms with Gasteiger partial charge >= 0.3 is 0 Å². The molecule has 6 heavy (non-hydrogen) atoms. The first-order valence-corrected chi connectivity index (χ1v) is 2.04. The lowest BCUT2D eigenvalue weighted by Gasteiger charge is -1.74. The van der Waals surface area contributed by atoms with Crippen LogP contribution in [0.1, 0.15) is 0 Å². The SMILES string of the molecule is [N-]=[N+]=NCOI. The fourth-order valence-corrected chi connectivity index (χ4v) is 0.172. The Bertz CT molecular complexity index is 67.2. The number of azide groups is 1. The van der Waals surface area contributed by atoms with Gasteiger partial charge in [0.05, 0.1) is 0 Å². The predicted molar refractivity (Wildman–Crippen MR) is 29.1 cm³/mol. The summed E-state index contributed by atoms with van der Waals surface area (Å²) in [6, 6.07) is 0. The lowest BCUT2D eigenvalue weighted by atomic mass is 11.4. The molecule has 0 radical (unpaired) electrons. The second-order valence-corrected chi connectivity index (χ2v) is 1.09. The lowest BCUT2D eigenvalue weighted by Crippen LogP contribution is -1.67. The normalized spacial score (nSPS) is 6.83. The molecule has 0 saturated carbocycles. The van der Waals surface area contributed by atoms with Crippen LogP contribution in [0, 0.1) is 0 Å². The van der Waals surface area contributed by atoms with Gasteiger partial charge in [0.2, 0.25) is 0 Å². The molecular weight excluding hydrogens is 197 g/mol. The largest absolute Gasteiger partial charge is 0.310 e. The van der Waals surface area contributed by atoms with E-state index in [1.807, 2.05) is 0 Å². The third kappa shape index (κ3) is 4.00. The lowest BCUT2D eigenvalue weighted by molar-refractivity contribution is 0.443. The van der Waals surface area contributed by atoms with Crippen LogP contribution in [0.2, 0.25) is 0 Å². The summed E-state index contributed by atoms with van der Waals surface area (Å²) < 4.78 is 4.33. The van der Waals surface area contributed by atoms with Gasteiger partial charge in [-0.25, -0.2) is 0 Å². The summed E-state index contributed by atoms with van der Waals surface area (Å²) >= 11 is 1.65. The van der Waals surface area contributed by atoms with Gasteiger partial charge in [-0.2, -0.15) is 0 Å². The Hall–Kier alpha value is 0.